The van der Waals surface area contributed by atoms with Crippen molar-refractivity contribution in [3.63, 3.8) is 0 Å². The predicted molar refractivity (Wildman–Crippen MR) is 122 cm³/mol. The van der Waals surface area contributed by atoms with Gasteiger partial charge in [-0.1, -0.05) is 54.6 Å². The summed E-state index contributed by atoms with van der Waals surface area (Å²) in [6.07, 6.45) is 4.52. The molecule has 3 aromatic carbocycles. The van der Waals surface area contributed by atoms with Gasteiger partial charge in [0.2, 0.25) is 0 Å². The molecule has 0 N–H and O–H groups in total. The molecule has 0 saturated carbocycles. The number of hydrogen-bond donors (Lipinski definition) is 0. The van der Waals surface area contributed by atoms with Crippen LogP contribution >= 0.6 is 0 Å². The van der Waals surface area contributed by atoms with E-state index in [1.165, 1.54) is 11.1 Å². The van der Waals surface area contributed by atoms with Gasteiger partial charge in [0.05, 0.1) is 31.5 Å². The molecule has 0 fully saturated rings. The highest BCUT2D eigenvalue weighted by atomic mass is 16.5. The maximum absolute atomic E-state index is 13.3. The van der Waals surface area contributed by atoms with E-state index >= 15 is 0 Å². The highest BCUT2D eigenvalue weighted by Gasteiger charge is 2.33. The van der Waals surface area contributed by atoms with Crippen LogP contribution in [0, 0.1) is 0 Å². The molecule has 5 rings (SSSR count). The summed E-state index contributed by atoms with van der Waals surface area (Å²) in [4.78, 5) is 19.7. The number of ether oxygens (including phenoxy) is 2. The van der Waals surface area contributed by atoms with Gasteiger partial charge in [0.15, 0.2) is 11.5 Å². The van der Waals surface area contributed by atoms with Gasteiger partial charge in [-0.25, -0.2) is 0 Å². The summed E-state index contributed by atoms with van der Waals surface area (Å²) in [5, 5.41) is 0. The van der Waals surface area contributed by atoms with Gasteiger partial charge in [-0.2, -0.15) is 0 Å². The number of aliphatic imine (C=N–C) groups is 1. The number of hydrogen-bond acceptors (Lipinski definition) is 4. The Hall–Kier alpha value is -3.86. The Bertz CT molecular complexity index is 1200. The average Bonchev–Trinajstić information content (AvgIpc) is 3.21. The Balaban J connectivity index is 1.45. The van der Waals surface area contributed by atoms with Crippen LogP contribution < -0.4 is 9.47 Å². The first-order chi connectivity index (χ1) is 15.2. The molecule has 0 saturated heterocycles. The maximum atomic E-state index is 13.3. The summed E-state index contributed by atoms with van der Waals surface area (Å²) in [5.74, 6) is 0.987. The Kier molecular flexibility index (Phi) is 4.79. The lowest BCUT2D eigenvalue weighted by atomic mass is 9.99. The fraction of sp³-hybridized carbons (Fsp3) is 0.154. The van der Waals surface area contributed by atoms with Crippen molar-refractivity contribution in [1.29, 1.82) is 0 Å². The molecule has 5 nitrogen and oxygen atoms in total. The molecule has 0 aliphatic carbocycles. The minimum Gasteiger partial charge on any atom is -0.493 e. The Morgan fingerprint density at radius 2 is 1.52 bits per heavy atom. The molecule has 5 heteroatoms. The number of carbonyl (C=O) groups is 1. The molecule has 31 heavy (non-hydrogen) atoms. The molecule has 2 aliphatic heterocycles. The second-order valence-corrected chi connectivity index (χ2v) is 7.58. The molecule has 3 aromatic rings. The van der Waals surface area contributed by atoms with Crippen molar-refractivity contribution in [3.8, 4) is 22.6 Å². The van der Waals surface area contributed by atoms with Crippen LogP contribution in [0.2, 0.25) is 0 Å². The lowest BCUT2D eigenvalue weighted by Gasteiger charge is -2.18. The molecule has 0 radical (unpaired) electrons. The number of rotatable bonds is 4. The summed E-state index contributed by atoms with van der Waals surface area (Å²) in [6.45, 7) is 0. The average molecular weight is 410 g/mol. The Labute approximate surface area is 181 Å². The number of amides is 1. The normalized spacial score (nSPS) is 17.0. The Morgan fingerprint density at radius 3 is 2.23 bits per heavy atom. The van der Waals surface area contributed by atoms with Crippen LogP contribution in [0.5, 0.6) is 11.5 Å². The molecule has 0 unspecified atom stereocenters. The molecule has 2 heterocycles. The predicted octanol–water partition coefficient (Wildman–Crippen LogP) is 5.34. The van der Waals surface area contributed by atoms with Crippen LogP contribution in [0.3, 0.4) is 0 Å². The van der Waals surface area contributed by atoms with Crippen LogP contribution in [-0.2, 0) is 0 Å². The van der Waals surface area contributed by atoms with Crippen molar-refractivity contribution in [2.24, 2.45) is 4.99 Å². The summed E-state index contributed by atoms with van der Waals surface area (Å²) < 4.78 is 10.7. The van der Waals surface area contributed by atoms with Crippen LogP contribution in [0.25, 0.3) is 16.7 Å². The zero-order valence-electron chi connectivity index (χ0n) is 17.4. The van der Waals surface area contributed by atoms with E-state index in [0.29, 0.717) is 22.7 Å². The van der Waals surface area contributed by atoms with E-state index < -0.39 is 0 Å². The van der Waals surface area contributed by atoms with E-state index in [-0.39, 0.29) is 11.9 Å². The van der Waals surface area contributed by atoms with E-state index in [1.807, 2.05) is 30.6 Å². The lowest BCUT2D eigenvalue weighted by molar-refractivity contribution is 0.0817. The quantitative estimate of drug-likeness (QED) is 0.583. The topological polar surface area (TPSA) is 51.1 Å². The fourth-order valence-electron chi connectivity index (χ4n) is 4.13. The van der Waals surface area contributed by atoms with Crippen molar-refractivity contribution in [2.45, 2.75) is 12.5 Å². The second kappa shape index (κ2) is 7.76. The molecule has 0 aromatic heterocycles. The summed E-state index contributed by atoms with van der Waals surface area (Å²) >= 11 is 0. The van der Waals surface area contributed by atoms with Gasteiger partial charge in [0.25, 0.3) is 5.91 Å². The zero-order valence-corrected chi connectivity index (χ0v) is 17.4. The van der Waals surface area contributed by atoms with Gasteiger partial charge in [0, 0.05) is 24.9 Å². The highest BCUT2D eigenvalue weighted by Crippen LogP contribution is 2.39. The second-order valence-electron chi connectivity index (χ2n) is 7.58. The first-order valence-electron chi connectivity index (χ1n) is 10.2. The highest BCUT2D eigenvalue weighted by molar-refractivity contribution is 6.05. The monoisotopic (exact) mass is 410 g/mol. The SMILES string of the molecule is COc1cc2c(cc1OC)C(=O)N1C=C(c3ccc(-c4ccccc4)cc3)C[C@H]1C=N2. The molecule has 154 valence electrons. The van der Waals surface area contributed by atoms with Gasteiger partial charge in [-0.15, -0.1) is 0 Å². The van der Waals surface area contributed by atoms with E-state index in [2.05, 4.69) is 41.4 Å². The molecule has 0 bridgehead atoms. The molecule has 1 amide bonds. The maximum Gasteiger partial charge on any atom is 0.260 e. The van der Waals surface area contributed by atoms with Crippen molar-refractivity contribution >= 4 is 23.4 Å². The number of fused-ring (bicyclic) bond motifs is 2. The molecule has 1 atom stereocenters. The third kappa shape index (κ3) is 3.38. The zero-order chi connectivity index (χ0) is 21.4. The molecular weight excluding hydrogens is 388 g/mol. The summed E-state index contributed by atoms with van der Waals surface area (Å²) in [6, 6.07) is 22.1. The number of benzene rings is 3. The van der Waals surface area contributed by atoms with Crippen LogP contribution in [0.1, 0.15) is 22.3 Å². The first kappa shape index (κ1) is 19.1. The van der Waals surface area contributed by atoms with Crippen molar-refractivity contribution < 1.29 is 14.3 Å². The van der Waals surface area contributed by atoms with Crippen molar-refractivity contribution in [1.82, 2.24) is 4.90 Å². The van der Waals surface area contributed by atoms with E-state index in [4.69, 9.17) is 9.47 Å². The van der Waals surface area contributed by atoms with Crippen LogP contribution in [-0.4, -0.2) is 37.3 Å². The number of methoxy groups -OCH3 is 2. The van der Waals surface area contributed by atoms with Gasteiger partial charge >= 0.3 is 0 Å². The fourth-order valence-corrected chi connectivity index (χ4v) is 4.13. The van der Waals surface area contributed by atoms with Crippen molar-refractivity contribution in [2.75, 3.05) is 14.2 Å². The third-order valence-electron chi connectivity index (χ3n) is 5.80. The van der Waals surface area contributed by atoms with Gasteiger partial charge in [-0.3, -0.25) is 9.79 Å². The van der Waals surface area contributed by atoms with Crippen LogP contribution in [0.4, 0.5) is 5.69 Å². The number of carbonyl (C=O) groups excluding carboxylic acids is 1. The minimum absolute atomic E-state index is 0.0886. The lowest BCUT2D eigenvalue weighted by Crippen LogP contribution is -2.32. The van der Waals surface area contributed by atoms with Gasteiger partial charge in [0.1, 0.15) is 0 Å². The molecule has 2 aliphatic rings. The van der Waals surface area contributed by atoms with Gasteiger partial charge in [-0.05, 0) is 28.3 Å². The minimum atomic E-state index is -0.110. The largest absolute Gasteiger partial charge is 0.493 e. The first-order valence-corrected chi connectivity index (χ1v) is 10.2. The molecule has 0 spiro atoms. The van der Waals surface area contributed by atoms with E-state index in [1.54, 1.807) is 31.3 Å². The summed E-state index contributed by atoms with van der Waals surface area (Å²) in [5.41, 5.74) is 5.69. The van der Waals surface area contributed by atoms with E-state index in [9.17, 15) is 4.79 Å². The Morgan fingerprint density at radius 1 is 0.871 bits per heavy atom. The molecular formula is C26H22N2O3. The summed E-state index contributed by atoms with van der Waals surface area (Å²) in [7, 11) is 3.13. The smallest absolute Gasteiger partial charge is 0.260 e. The number of nitrogens with zero attached hydrogens (tertiary/aromatic N) is 2. The standard InChI is InChI=1S/C26H22N2O3/c1-30-24-13-22-23(14-25(24)31-2)27-15-21-12-20(16-28(21)26(22)29)19-10-8-18(9-11-19)17-6-4-3-5-7-17/h3-11,13-16,21H,12H2,1-2H3/t21-/m0/s1. The van der Waals surface area contributed by atoms with E-state index in [0.717, 1.165) is 17.6 Å². The van der Waals surface area contributed by atoms with Crippen LogP contribution in [0.15, 0.2) is 77.9 Å². The third-order valence-corrected chi connectivity index (χ3v) is 5.80. The van der Waals surface area contributed by atoms with Crippen molar-refractivity contribution in [3.05, 3.63) is 84.1 Å². The van der Waals surface area contributed by atoms with Gasteiger partial charge < -0.3 is 14.4 Å².